The molecule has 0 heterocycles. The predicted octanol–water partition coefficient (Wildman–Crippen LogP) is 2.92. The van der Waals surface area contributed by atoms with Crippen molar-refractivity contribution in [3.05, 3.63) is 23.0 Å². The number of benzene rings is 1. The second-order valence-electron chi connectivity index (χ2n) is 5.22. The standard InChI is InChI=1S/C13H18ClFN2O2S/c1-2-10(5-8-3-4-8)17-20(18,19)12-7-9(16)6-11(14)13(12)15/h6-8,10,17H,2-5,16H2,1H3. The molecule has 0 bridgehead atoms. The SMILES string of the molecule is CCC(CC1CC1)NS(=O)(=O)c1cc(N)cc(Cl)c1F. The fraction of sp³-hybridized carbons (Fsp3) is 0.538. The topological polar surface area (TPSA) is 72.2 Å². The van der Waals surface area contributed by atoms with Gasteiger partial charge in [0.05, 0.1) is 5.02 Å². The highest BCUT2D eigenvalue weighted by Gasteiger charge is 2.29. The van der Waals surface area contributed by atoms with Crippen molar-refractivity contribution in [3.8, 4) is 0 Å². The van der Waals surface area contributed by atoms with Crippen LogP contribution in [0, 0.1) is 11.7 Å². The van der Waals surface area contributed by atoms with Crippen LogP contribution in [-0.4, -0.2) is 14.5 Å². The summed E-state index contributed by atoms with van der Waals surface area (Å²) in [4.78, 5) is -0.489. The molecule has 1 aliphatic rings. The fourth-order valence-corrected chi connectivity index (χ4v) is 3.87. The molecule has 1 fully saturated rings. The lowest BCUT2D eigenvalue weighted by Crippen LogP contribution is -2.35. The Kier molecular flexibility index (Phi) is 4.56. The van der Waals surface area contributed by atoms with Crippen LogP contribution in [0.5, 0.6) is 0 Å². The van der Waals surface area contributed by atoms with E-state index in [-0.39, 0.29) is 16.8 Å². The number of nitrogens with two attached hydrogens (primary N) is 1. The van der Waals surface area contributed by atoms with E-state index in [1.807, 2.05) is 6.92 Å². The lowest BCUT2D eigenvalue weighted by atomic mass is 10.1. The minimum atomic E-state index is -3.95. The first-order valence-electron chi connectivity index (χ1n) is 6.60. The highest BCUT2D eigenvalue weighted by Crippen LogP contribution is 2.34. The molecule has 0 amide bonds. The summed E-state index contributed by atoms with van der Waals surface area (Å²) in [6.45, 7) is 1.90. The molecule has 112 valence electrons. The number of hydrogen-bond donors (Lipinski definition) is 2. The molecule has 7 heteroatoms. The third-order valence-corrected chi connectivity index (χ3v) is 5.23. The quantitative estimate of drug-likeness (QED) is 0.792. The van der Waals surface area contributed by atoms with Crippen molar-refractivity contribution < 1.29 is 12.8 Å². The molecular formula is C13H18ClFN2O2S. The van der Waals surface area contributed by atoms with Crippen molar-refractivity contribution in [2.24, 2.45) is 5.92 Å². The molecule has 1 aromatic rings. The number of halogens is 2. The molecular weight excluding hydrogens is 303 g/mol. The Balaban J connectivity index is 2.24. The van der Waals surface area contributed by atoms with Crippen LogP contribution >= 0.6 is 11.6 Å². The summed E-state index contributed by atoms with van der Waals surface area (Å²) < 4.78 is 41.0. The van der Waals surface area contributed by atoms with Gasteiger partial charge in [-0.1, -0.05) is 31.4 Å². The summed E-state index contributed by atoms with van der Waals surface area (Å²) in [6.07, 6.45) is 3.72. The second-order valence-corrected chi connectivity index (χ2v) is 7.31. The molecule has 0 aromatic heterocycles. The van der Waals surface area contributed by atoms with Crippen LogP contribution in [0.25, 0.3) is 0 Å². The Morgan fingerprint density at radius 1 is 1.50 bits per heavy atom. The first-order valence-corrected chi connectivity index (χ1v) is 8.46. The maximum Gasteiger partial charge on any atom is 0.243 e. The molecule has 3 N–H and O–H groups in total. The average molecular weight is 321 g/mol. The summed E-state index contributed by atoms with van der Waals surface area (Å²) in [5.74, 6) is -0.383. The highest BCUT2D eigenvalue weighted by atomic mass is 35.5. The molecule has 0 aliphatic heterocycles. The van der Waals surface area contributed by atoms with Gasteiger partial charge in [0.1, 0.15) is 4.90 Å². The van der Waals surface area contributed by atoms with Gasteiger partial charge in [0, 0.05) is 11.7 Å². The van der Waals surface area contributed by atoms with Crippen LogP contribution in [0.2, 0.25) is 5.02 Å². The van der Waals surface area contributed by atoms with Crippen molar-refractivity contribution in [1.82, 2.24) is 4.72 Å². The van der Waals surface area contributed by atoms with Gasteiger partial charge in [0.2, 0.25) is 10.0 Å². The average Bonchev–Trinajstić information content (AvgIpc) is 3.16. The number of anilines is 1. The van der Waals surface area contributed by atoms with E-state index < -0.39 is 20.7 Å². The number of rotatable bonds is 6. The van der Waals surface area contributed by atoms with Gasteiger partial charge in [-0.05, 0) is 30.9 Å². The van der Waals surface area contributed by atoms with E-state index in [0.717, 1.165) is 25.3 Å². The van der Waals surface area contributed by atoms with E-state index >= 15 is 0 Å². The molecule has 1 unspecified atom stereocenters. The molecule has 0 saturated heterocycles. The first-order chi connectivity index (χ1) is 9.33. The Morgan fingerprint density at radius 3 is 2.70 bits per heavy atom. The fourth-order valence-electron chi connectivity index (χ4n) is 2.12. The number of hydrogen-bond acceptors (Lipinski definition) is 3. The zero-order valence-electron chi connectivity index (χ0n) is 11.2. The van der Waals surface area contributed by atoms with Crippen molar-refractivity contribution >= 4 is 27.3 Å². The van der Waals surface area contributed by atoms with E-state index in [9.17, 15) is 12.8 Å². The van der Waals surface area contributed by atoms with Gasteiger partial charge in [-0.2, -0.15) is 0 Å². The largest absolute Gasteiger partial charge is 0.399 e. The van der Waals surface area contributed by atoms with Crippen LogP contribution in [0.1, 0.15) is 32.6 Å². The second kappa shape index (κ2) is 5.87. The molecule has 1 aliphatic carbocycles. The molecule has 1 saturated carbocycles. The summed E-state index contributed by atoms with van der Waals surface area (Å²) in [7, 11) is -3.95. The van der Waals surface area contributed by atoms with Crippen LogP contribution in [0.3, 0.4) is 0 Å². The van der Waals surface area contributed by atoms with Crippen LogP contribution in [0.4, 0.5) is 10.1 Å². The molecule has 1 aromatic carbocycles. The van der Waals surface area contributed by atoms with Gasteiger partial charge in [0.25, 0.3) is 0 Å². The Morgan fingerprint density at radius 2 is 2.15 bits per heavy atom. The molecule has 2 rings (SSSR count). The molecule has 0 spiro atoms. The van der Waals surface area contributed by atoms with Crippen LogP contribution in [0.15, 0.2) is 17.0 Å². The van der Waals surface area contributed by atoms with Crippen molar-refractivity contribution in [3.63, 3.8) is 0 Å². The number of nitrogen functional groups attached to an aromatic ring is 1. The maximum absolute atomic E-state index is 13.9. The number of sulfonamides is 1. The van der Waals surface area contributed by atoms with Gasteiger partial charge in [-0.15, -0.1) is 0 Å². The van der Waals surface area contributed by atoms with Crippen molar-refractivity contribution in [2.75, 3.05) is 5.73 Å². The molecule has 20 heavy (non-hydrogen) atoms. The maximum atomic E-state index is 13.9. The van der Waals surface area contributed by atoms with E-state index in [4.69, 9.17) is 17.3 Å². The van der Waals surface area contributed by atoms with Gasteiger partial charge in [-0.3, -0.25) is 0 Å². The minimum absolute atomic E-state index is 0.118. The van der Waals surface area contributed by atoms with E-state index in [1.165, 1.54) is 6.07 Å². The lowest BCUT2D eigenvalue weighted by Gasteiger charge is -2.17. The molecule has 0 radical (unpaired) electrons. The lowest BCUT2D eigenvalue weighted by molar-refractivity contribution is 0.491. The van der Waals surface area contributed by atoms with Gasteiger partial charge in [-0.25, -0.2) is 17.5 Å². The third-order valence-electron chi connectivity index (χ3n) is 3.44. The zero-order chi connectivity index (χ0) is 14.9. The summed E-state index contributed by atoms with van der Waals surface area (Å²) >= 11 is 5.64. The predicted molar refractivity (Wildman–Crippen MR) is 77.6 cm³/mol. The third kappa shape index (κ3) is 3.62. The Bertz CT molecular complexity index is 603. The zero-order valence-corrected chi connectivity index (χ0v) is 12.8. The van der Waals surface area contributed by atoms with Gasteiger partial charge < -0.3 is 5.73 Å². The van der Waals surface area contributed by atoms with E-state index in [0.29, 0.717) is 12.3 Å². The smallest absolute Gasteiger partial charge is 0.243 e. The van der Waals surface area contributed by atoms with Crippen LogP contribution < -0.4 is 10.5 Å². The summed E-state index contributed by atoms with van der Waals surface area (Å²) in [5.41, 5.74) is 5.65. The first kappa shape index (κ1) is 15.5. The van der Waals surface area contributed by atoms with Crippen molar-refractivity contribution in [2.45, 2.75) is 43.5 Å². The Hall–Kier alpha value is -0.850. The van der Waals surface area contributed by atoms with Crippen molar-refractivity contribution in [1.29, 1.82) is 0 Å². The van der Waals surface area contributed by atoms with E-state index in [2.05, 4.69) is 4.72 Å². The molecule has 1 atom stereocenters. The summed E-state index contributed by atoms with van der Waals surface area (Å²) in [6, 6.07) is 2.09. The monoisotopic (exact) mass is 320 g/mol. The highest BCUT2D eigenvalue weighted by molar-refractivity contribution is 7.89. The molecule has 4 nitrogen and oxygen atoms in total. The van der Waals surface area contributed by atoms with Gasteiger partial charge in [0.15, 0.2) is 5.82 Å². The van der Waals surface area contributed by atoms with Crippen LogP contribution in [-0.2, 0) is 10.0 Å². The van der Waals surface area contributed by atoms with E-state index in [1.54, 1.807) is 0 Å². The summed E-state index contributed by atoms with van der Waals surface area (Å²) in [5, 5.41) is -0.291. The minimum Gasteiger partial charge on any atom is -0.399 e. The van der Waals surface area contributed by atoms with Gasteiger partial charge >= 0.3 is 0 Å². The normalized spacial score (nSPS) is 17.1. The number of nitrogens with one attached hydrogen (secondary N) is 1. The Labute approximate surface area is 123 Å².